The molecule has 114 valence electrons. The molecule has 0 amide bonds. The first-order chi connectivity index (χ1) is 9.95. The molecule has 1 saturated heterocycles. The van der Waals surface area contributed by atoms with Crippen LogP contribution in [0.15, 0.2) is 23.4 Å². The molecule has 21 heavy (non-hydrogen) atoms. The Kier molecular flexibility index (Phi) is 4.92. The first-order valence-corrected chi connectivity index (χ1v) is 7.80. The van der Waals surface area contributed by atoms with Gasteiger partial charge in [0.1, 0.15) is 4.90 Å². The van der Waals surface area contributed by atoms with E-state index in [-0.39, 0.29) is 24.6 Å². The highest BCUT2D eigenvalue weighted by Crippen LogP contribution is 2.21. The number of aliphatic hydroxyl groups excluding tert-OH is 3. The van der Waals surface area contributed by atoms with Crippen LogP contribution in [0.1, 0.15) is 12.0 Å². The van der Waals surface area contributed by atoms with E-state index in [1.807, 2.05) is 0 Å². The molecule has 8 heteroatoms. The molecule has 7 nitrogen and oxygen atoms in total. The van der Waals surface area contributed by atoms with Crippen LogP contribution in [0.25, 0.3) is 0 Å². The second-order valence-corrected chi connectivity index (χ2v) is 6.58. The topological polar surface area (TPSA) is 111 Å². The van der Waals surface area contributed by atoms with Crippen molar-refractivity contribution >= 4 is 10.0 Å². The van der Waals surface area contributed by atoms with Gasteiger partial charge in [-0.1, -0.05) is 11.8 Å². The number of hydrogen-bond acceptors (Lipinski definition) is 6. The summed E-state index contributed by atoms with van der Waals surface area (Å²) in [6.07, 6.45) is 0.753. The van der Waals surface area contributed by atoms with Crippen molar-refractivity contribution in [2.75, 3.05) is 19.7 Å². The zero-order valence-electron chi connectivity index (χ0n) is 11.2. The number of nitrogens with zero attached hydrogens (tertiary/aromatic N) is 2. The molecule has 1 aliphatic rings. The maximum absolute atomic E-state index is 12.4. The van der Waals surface area contributed by atoms with Gasteiger partial charge in [-0.05, 0) is 6.07 Å². The highest BCUT2D eigenvalue weighted by Gasteiger charge is 2.37. The second-order valence-electron chi connectivity index (χ2n) is 4.64. The van der Waals surface area contributed by atoms with Gasteiger partial charge in [-0.25, -0.2) is 8.42 Å². The molecule has 1 fully saturated rings. The van der Waals surface area contributed by atoms with Gasteiger partial charge in [0.2, 0.25) is 10.0 Å². The smallest absolute Gasteiger partial charge is 0.244 e. The number of β-amino-alcohol motifs (C(OH)–C–C–N with tert-alkyl or cyclic N) is 2. The number of sulfonamides is 1. The van der Waals surface area contributed by atoms with Gasteiger partial charge in [0, 0.05) is 37.5 Å². The van der Waals surface area contributed by atoms with E-state index in [1.54, 1.807) is 0 Å². The summed E-state index contributed by atoms with van der Waals surface area (Å²) in [6, 6.07) is 1.38. The number of rotatable bonds is 3. The van der Waals surface area contributed by atoms with Gasteiger partial charge < -0.3 is 15.3 Å². The molecule has 1 aromatic rings. The predicted octanol–water partition coefficient (Wildman–Crippen LogP) is -1.46. The first kappa shape index (κ1) is 15.9. The van der Waals surface area contributed by atoms with E-state index in [0.29, 0.717) is 12.0 Å². The maximum atomic E-state index is 12.4. The van der Waals surface area contributed by atoms with Gasteiger partial charge >= 0.3 is 0 Å². The van der Waals surface area contributed by atoms with E-state index in [9.17, 15) is 18.6 Å². The Morgan fingerprint density at radius 2 is 1.95 bits per heavy atom. The molecule has 1 aliphatic heterocycles. The normalized spacial score (nSPS) is 22.8. The lowest BCUT2D eigenvalue weighted by molar-refractivity contribution is 0.0572. The van der Waals surface area contributed by atoms with E-state index in [0.717, 1.165) is 4.31 Å². The summed E-state index contributed by atoms with van der Waals surface area (Å²) in [5.41, 5.74) is 0.421. The minimum atomic E-state index is -3.82. The van der Waals surface area contributed by atoms with Crippen molar-refractivity contribution in [2.24, 2.45) is 0 Å². The lowest BCUT2D eigenvalue weighted by atomic mass is 10.3. The highest BCUT2D eigenvalue weighted by atomic mass is 32.2. The lowest BCUT2D eigenvalue weighted by Crippen LogP contribution is -2.30. The molecule has 2 unspecified atom stereocenters. The molecular formula is C13H16N2O5S. The molecule has 0 aliphatic carbocycles. The fraction of sp³-hybridized carbons (Fsp3) is 0.462. The molecule has 1 aromatic heterocycles. The Hall–Kier alpha value is -1.50. The second kappa shape index (κ2) is 6.51. The van der Waals surface area contributed by atoms with Crippen LogP contribution >= 0.6 is 0 Å². The molecule has 0 saturated carbocycles. The summed E-state index contributed by atoms with van der Waals surface area (Å²) in [7, 11) is -3.82. The van der Waals surface area contributed by atoms with Gasteiger partial charge in [-0.15, -0.1) is 0 Å². The van der Waals surface area contributed by atoms with E-state index in [4.69, 9.17) is 5.11 Å². The SMILES string of the molecule is O=S(=O)(c1cncc(C#CCCO)c1)N1CC(O)C(O)C1. The monoisotopic (exact) mass is 312 g/mol. The Morgan fingerprint density at radius 3 is 2.57 bits per heavy atom. The molecule has 2 heterocycles. The van der Waals surface area contributed by atoms with Gasteiger partial charge in [0.15, 0.2) is 0 Å². The third-order valence-corrected chi connectivity index (χ3v) is 4.84. The van der Waals surface area contributed by atoms with E-state index >= 15 is 0 Å². The van der Waals surface area contributed by atoms with Crippen molar-refractivity contribution in [1.82, 2.24) is 9.29 Å². The molecule has 2 rings (SSSR count). The van der Waals surface area contributed by atoms with Crippen molar-refractivity contribution in [2.45, 2.75) is 23.5 Å². The van der Waals surface area contributed by atoms with Crippen LogP contribution in [0.2, 0.25) is 0 Å². The number of aromatic nitrogens is 1. The van der Waals surface area contributed by atoms with Crippen LogP contribution in [0.4, 0.5) is 0 Å². The van der Waals surface area contributed by atoms with Gasteiger partial charge in [0.25, 0.3) is 0 Å². The van der Waals surface area contributed by atoms with Crippen LogP contribution < -0.4 is 0 Å². The third-order valence-electron chi connectivity index (χ3n) is 3.05. The summed E-state index contributed by atoms with van der Waals surface area (Å²) < 4.78 is 25.8. The summed E-state index contributed by atoms with van der Waals surface area (Å²) in [6.45, 7) is -0.365. The lowest BCUT2D eigenvalue weighted by Gasteiger charge is -2.15. The summed E-state index contributed by atoms with van der Waals surface area (Å²) in [5.74, 6) is 5.40. The minimum Gasteiger partial charge on any atom is -0.395 e. The van der Waals surface area contributed by atoms with Crippen molar-refractivity contribution in [1.29, 1.82) is 0 Å². The average Bonchev–Trinajstić information content (AvgIpc) is 2.80. The quantitative estimate of drug-likeness (QED) is 0.588. The average molecular weight is 312 g/mol. The minimum absolute atomic E-state index is 0.0420. The van der Waals surface area contributed by atoms with E-state index < -0.39 is 22.2 Å². The third kappa shape index (κ3) is 3.58. The Balaban J connectivity index is 2.25. The van der Waals surface area contributed by atoms with Crippen molar-refractivity contribution in [3.05, 3.63) is 24.0 Å². The fourth-order valence-corrected chi connectivity index (χ4v) is 3.40. The maximum Gasteiger partial charge on any atom is 0.244 e. The zero-order valence-corrected chi connectivity index (χ0v) is 12.0. The van der Waals surface area contributed by atoms with Crippen molar-refractivity contribution in [3.8, 4) is 11.8 Å². The fourth-order valence-electron chi connectivity index (χ4n) is 1.93. The van der Waals surface area contributed by atoms with Gasteiger partial charge in [-0.2, -0.15) is 4.31 Å². The Labute approximate surface area is 122 Å². The number of hydrogen-bond donors (Lipinski definition) is 3. The Bertz CT molecular complexity index is 655. The molecule has 2 atom stereocenters. The summed E-state index contributed by atoms with van der Waals surface area (Å²) in [4.78, 5) is 3.80. The van der Waals surface area contributed by atoms with Crippen molar-refractivity contribution in [3.63, 3.8) is 0 Å². The number of aliphatic hydroxyl groups is 3. The van der Waals surface area contributed by atoms with Crippen molar-refractivity contribution < 1.29 is 23.7 Å². The molecule has 0 aromatic carbocycles. The molecule has 3 N–H and O–H groups in total. The first-order valence-electron chi connectivity index (χ1n) is 6.36. The van der Waals surface area contributed by atoms with E-state index in [2.05, 4.69) is 16.8 Å². The predicted molar refractivity (Wildman–Crippen MR) is 73.6 cm³/mol. The van der Waals surface area contributed by atoms with Gasteiger partial charge in [-0.3, -0.25) is 4.98 Å². The van der Waals surface area contributed by atoms with Crippen LogP contribution in [-0.2, 0) is 10.0 Å². The molecule has 0 spiro atoms. The van der Waals surface area contributed by atoms with Crippen LogP contribution in [0.3, 0.4) is 0 Å². The zero-order chi connectivity index (χ0) is 15.5. The van der Waals surface area contributed by atoms with Crippen LogP contribution in [0, 0.1) is 11.8 Å². The van der Waals surface area contributed by atoms with Gasteiger partial charge in [0.05, 0.1) is 18.8 Å². The standard InChI is InChI=1S/C13H16N2O5S/c16-4-2-1-3-10-5-11(7-14-6-10)21(19,20)15-8-12(17)13(18)9-15/h5-7,12-13,16-18H,2,4,8-9H2. The van der Waals surface area contributed by atoms with Crippen LogP contribution in [-0.4, -0.2) is 64.9 Å². The molecule has 0 radical (unpaired) electrons. The molecular weight excluding hydrogens is 296 g/mol. The summed E-state index contributed by atoms with van der Waals surface area (Å²) >= 11 is 0. The summed E-state index contributed by atoms with van der Waals surface area (Å²) in [5, 5.41) is 27.6. The number of pyridine rings is 1. The van der Waals surface area contributed by atoms with E-state index in [1.165, 1.54) is 18.5 Å². The highest BCUT2D eigenvalue weighted by molar-refractivity contribution is 7.89. The van der Waals surface area contributed by atoms with Crippen LogP contribution in [0.5, 0.6) is 0 Å². The Morgan fingerprint density at radius 1 is 1.29 bits per heavy atom. The molecule has 0 bridgehead atoms. The largest absolute Gasteiger partial charge is 0.395 e.